The molecule has 164 valence electrons. The first kappa shape index (κ1) is 22.4. The molecule has 2 aliphatic rings. The number of sulfone groups is 1. The molecule has 1 N–H and O–H groups in total. The van der Waals surface area contributed by atoms with Gasteiger partial charge in [0, 0.05) is 17.8 Å². The highest BCUT2D eigenvalue weighted by atomic mass is 35.5. The number of aryl methyl sites for hydroxylation is 1. The molecule has 0 saturated heterocycles. The second-order valence-electron chi connectivity index (χ2n) is 7.84. The topological polar surface area (TPSA) is 83.5 Å². The summed E-state index contributed by atoms with van der Waals surface area (Å²) in [5.74, 6) is -1.38. The van der Waals surface area contributed by atoms with Gasteiger partial charge in [0.1, 0.15) is 0 Å². The van der Waals surface area contributed by atoms with E-state index in [1.807, 2.05) is 6.07 Å². The first-order chi connectivity index (χ1) is 14.6. The molecule has 0 bridgehead atoms. The predicted octanol–water partition coefficient (Wildman–Crippen LogP) is 4.60. The molecule has 2 amide bonds. The van der Waals surface area contributed by atoms with E-state index >= 15 is 0 Å². The molecule has 2 aromatic rings. The van der Waals surface area contributed by atoms with Crippen LogP contribution in [0.3, 0.4) is 0 Å². The third-order valence-corrected chi connectivity index (χ3v) is 7.47. The van der Waals surface area contributed by atoms with Gasteiger partial charge in [-0.1, -0.05) is 34.8 Å². The summed E-state index contributed by atoms with van der Waals surface area (Å²) in [6.07, 6.45) is 3.09. The van der Waals surface area contributed by atoms with E-state index in [-0.39, 0.29) is 21.7 Å². The van der Waals surface area contributed by atoms with Gasteiger partial charge in [-0.2, -0.15) is 0 Å². The van der Waals surface area contributed by atoms with E-state index in [2.05, 4.69) is 5.32 Å². The lowest BCUT2D eigenvalue weighted by molar-refractivity contribution is -0.123. The van der Waals surface area contributed by atoms with E-state index in [0.717, 1.165) is 24.7 Å². The molecular weight excluding hydrogens is 483 g/mol. The van der Waals surface area contributed by atoms with Gasteiger partial charge in [-0.15, -0.1) is 0 Å². The van der Waals surface area contributed by atoms with Gasteiger partial charge >= 0.3 is 0 Å². The van der Waals surface area contributed by atoms with Gasteiger partial charge in [-0.25, -0.2) is 8.42 Å². The molecule has 6 nitrogen and oxygen atoms in total. The zero-order chi connectivity index (χ0) is 22.5. The highest BCUT2D eigenvalue weighted by Crippen LogP contribution is 2.45. The Morgan fingerprint density at radius 2 is 1.81 bits per heavy atom. The summed E-state index contributed by atoms with van der Waals surface area (Å²) in [7, 11) is -3.40. The third-order valence-electron chi connectivity index (χ3n) is 5.54. The number of anilines is 2. The molecule has 1 saturated carbocycles. The van der Waals surface area contributed by atoms with Gasteiger partial charge in [-0.05, 0) is 55.2 Å². The molecule has 1 heterocycles. The highest BCUT2D eigenvalue weighted by molar-refractivity contribution is 7.90. The standard InChI is InChI=1S/C21H19Cl3N2O4S/c1-31(29,30)13-4-5-18(16(23)9-13)25-20(27)14-10-15(14)21(28)26-6-2-3-11-7-12(22)8-17(24)19(11)26/h4-5,7-9,14-15H,2-3,6,10H2,1H3,(H,25,27). The minimum atomic E-state index is -3.40. The van der Waals surface area contributed by atoms with Crippen LogP contribution in [0.2, 0.25) is 15.1 Å². The fourth-order valence-corrected chi connectivity index (χ4v) is 5.46. The number of nitrogens with zero attached hydrogens (tertiary/aromatic N) is 1. The molecule has 1 fully saturated rings. The number of hydrogen-bond acceptors (Lipinski definition) is 4. The molecule has 10 heteroatoms. The number of benzene rings is 2. The van der Waals surface area contributed by atoms with Crippen molar-refractivity contribution >= 4 is 67.8 Å². The molecule has 0 spiro atoms. The van der Waals surface area contributed by atoms with E-state index in [0.29, 0.717) is 34.4 Å². The van der Waals surface area contributed by atoms with Crippen LogP contribution in [-0.4, -0.2) is 33.0 Å². The molecule has 31 heavy (non-hydrogen) atoms. The van der Waals surface area contributed by atoms with Crippen molar-refractivity contribution in [3.8, 4) is 0 Å². The highest BCUT2D eigenvalue weighted by Gasteiger charge is 2.50. The van der Waals surface area contributed by atoms with Gasteiger partial charge in [0.15, 0.2) is 9.84 Å². The van der Waals surface area contributed by atoms with Gasteiger partial charge in [0.2, 0.25) is 11.8 Å². The van der Waals surface area contributed by atoms with E-state index in [1.54, 1.807) is 11.0 Å². The van der Waals surface area contributed by atoms with Crippen LogP contribution < -0.4 is 10.2 Å². The van der Waals surface area contributed by atoms with Crippen LogP contribution in [0.4, 0.5) is 11.4 Å². The lowest BCUT2D eigenvalue weighted by Gasteiger charge is -2.31. The number of carbonyl (C=O) groups excluding carboxylic acids is 2. The van der Waals surface area contributed by atoms with E-state index in [9.17, 15) is 18.0 Å². The van der Waals surface area contributed by atoms with Crippen LogP contribution in [0.25, 0.3) is 0 Å². The maximum absolute atomic E-state index is 13.1. The summed E-state index contributed by atoms with van der Waals surface area (Å²) in [5, 5.41) is 3.77. The number of nitrogens with one attached hydrogen (secondary N) is 1. The van der Waals surface area contributed by atoms with Crippen molar-refractivity contribution in [2.75, 3.05) is 23.0 Å². The first-order valence-electron chi connectivity index (χ1n) is 9.66. The lowest BCUT2D eigenvalue weighted by atomic mass is 10.0. The smallest absolute Gasteiger partial charge is 0.230 e. The summed E-state index contributed by atoms with van der Waals surface area (Å²) < 4.78 is 23.3. The maximum Gasteiger partial charge on any atom is 0.230 e. The molecule has 0 radical (unpaired) electrons. The van der Waals surface area contributed by atoms with Gasteiger partial charge < -0.3 is 10.2 Å². The predicted molar refractivity (Wildman–Crippen MR) is 122 cm³/mol. The SMILES string of the molecule is CS(=O)(=O)c1ccc(NC(=O)C2CC2C(=O)N2CCCc3cc(Cl)cc(Cl)c32)c(Cl)c1. The van der Waals surface area contributed by atoms with Crippen LogP contribution in [0.5, 0.6) is 0 Å². The average molecular weight is 502 g/mol. The number of rotatable bonds is 4. The molecule has 2 atom stereocenters. The lowest BCUT2D eigenvalue weighted by Crippen LogP contribution is -2.37. The van der Waals surface area contributed by atoms with Crippen LogP contribution in [0, 0.1) is 11.8 Å². The van der Waals surface area contributed by atoms with Crippen molar-refractivity contribution in [1.82, 2.24) is 0 Å². The van der Waals surface area contributed by atoms with Gasteiger partial charge in [0.05, 0.1) is 38.2 Å². The van der Waals surface area contributed by atoms with E-state index in [1.165, 1.54) is 18.2 Å². The Hall–Kier alpha value is -1.80. The number of carbonyl (C=O) groups is 2. The van der Waals surface area contributed by atoms with Crippen molar-refractivity contribution in [3.05, 3.63) is 51.0 Å². The van der Waals surface area contributed by atoms with Crippen molar-refractivity contribution in [2.45, 2.75) is 24.2 Å². The third kappa shape index (κ3) is 4.55. The van der Waals surface area contributed by atoms with Crippen LogP contribution in [0.15, 0.2) is 35.2 Å². The number of amides is 2. The second kappa shape index (κ2) is 8.28. The average Bonchev–Trinajstić information content (AvgIpc) is 3.48. The zero-order valence-electron chi connectivity index (χ0n) is 16.5. The van der Waals surface area contributed by atoms with Gasteiger partial charge in [0.25, 0.3) is 0 Å². The number of fused-ring (bicyclic) bond motifs is 1. The Morgan fingerprint density at radius 1 is 1.06 bits per heavy atom. The Morgan fingerprint density at radius 3 is 2.48 bits per heavy atom. The summed E-state index contributed by atoms with van der Waals surface area (Å²) in [6, 6.07) is 7.55. The Bertz CT molecular complexity index is 1200. The molecule has 4 rings (SSSR count). The van der Waals surface area contributed by atoms with Crippen molar-refractivity contribution in [1.29, 1.82) is 0 Å². The molecular formula is C21H19Cl3N2O4S. The first-order valence-corrected chi connectivity index (χ1v) is 12.7. The van der Waals surface area contributed by atoms with E-state index in [4.69, 9.17) is 34.8 Å². The summed E-state index contributed by atoms with van der Waals surface area (Å²) in [4.78, 5) is 27.5. The van der Waals surface area contributed by atoms with Crippen LogP contribution in [0.1, 0.15) is 18.4 Å². The fraction of sp³-hybridized carbons (Fsp3) is 0.333. The minimum Gasteiger partial charge on any atom is -0.325 e. The second-order valence-corrected chi connectivity index (χ2v) is 11.1. The molecule has 2 aromatic carbocycles. The molecule has 1 aliphatic heterocycles. The zero-order valence-corrected chi connectivity index (χ0v) is 19.6. The summed E-state index contributed by atoms with van der Waals surface area (Å²) in [5.41, 5.74) is 1.91. The molecule has 1 aliphatic carbocycles. The normalized spacial score (nSPS) is 20.2. The summed E-state index contributed by atoms with van der Waals surface area (Å²) in [6.45, 7) is 0.538. The summed E-state index contributed by atoms with van der Waals surface area (Å²) >= 11 is 18.6. The van der Waals surface area contributed by atoms with E-state index < -0.39 is 21.7 Å². The molecule has 0 aromatic heterocycles. The Balaban J connectivity index is 1.46. The largest absolute Gasteiger partial charge is 0.325 e. The van der Waals surface area contributed by atoms with Gasteiger partial charge in [-0.3, -0.25) is 9.59 Å². The molecule has 2 unspecified atom stereocenters. The van der Waals surface area contributed by atoms with Crippen molar-refractivity contribution in [3.63, 3.8) is 0 Å². The Labute approximate surface area is 195 Å². The fourth-order valence-electron chi connectivity index (χ4n) is 3.88. The Kier molecular flexibility index (Phi) is 5.98. The number of hydrogen-bond donors (Lipinski definition) is 1. The quantitative estimate of drug-likeness (QED) is 0.663. The van der Waals surface area contributed by atoms with Crippen molar-refractivity contribution in [2.24, 2.45) is 11.8 Å². The van der Waals surface area contributed by atoms with Crippen LogP contribution in [-0.2, 0) is 25.8 Å². The minimum absolute atomic E-state index is 0.0655. The maximum atomic E-state index is 13.1. The van der Waals surface area contributed by atoms with Crippen LogP contribution >= 0.6 is 34.8 Å². The number of halogens is 3. The monoisotopic (exact) mass is 500 g/mol. The van der Waals surface area contributed by atoms with Crippen molar-refractivity contribution < 1.29 is 18.0 Å².